The predicted molar refractivity (Wildman–Crippen MR) is 54.8 cm³/mol. The van der Waals surface area contributed by atoms with E-state index in [4.69, 9.17) is 15.2 Å². The summed E-state index contributed by atoms with van der Waals surface area (Å²) in [6.07, 6.45) is 0. The van der Waals surface area contributed by atoms with Crippen LogP contribution in [0.15, 0.2) is 0 Å². The molecule has 0 heterocycles. The fourth-order valence-corrected chi connectivity index (χ4v) is 0.689. The second kappa shape index (κ2) is 13.4. The average molecular weight is 293 g/mol. The first-order valence-corrected chi connectivity index (χ1v) is 4.45. The van der Waals surface area contributed by atoms with Gasteiger partial charge in [-0.15, -0.1) is 17.0 Å². The van der Waals surface area contributed by atoms with Crippen molar-refractivity contribution in [3.8, 4) is 0 Å². The molecule has 0 radical (unpaired) electrons. The Morgan fingerprint density at radius 1 is 1.00 bits per heavy atom. The second-order valence-electron chi connectivity index (χ2n) is 1.70. The molecule has 70 valence electrons. The van der Waals surface area contributed by atoms with Gasteiger partial charge in [-0.05, 0) is 0 Å². The topological polar surface area (TPSA) is 44.5 Å². The molecule has 0 rings (SSSR count). The number of hydrogen-bond acceptors (Lipinski definition) is 3. The molecule has 3 nitrogen and oxygen atoms in total. The molecule has 5 heteroatoms. The molecule has 0 saturated heterocycles. The fourth-order valence-electron chi connectivity index (χ4n) is 0.460. The monoisotopic (exact) mass is 291 g/mol. The van der Waals surface area contributed by atoms with Gasteiger partial charge in [-0.1, -0.05) is 15.9 Å². The Balaban J connectivity index is 0. The van der Waals surface area contributed by atoms with Crippen molar-refractivity contribution in [3.05, 3.63) is 0 Å². The van der Waals surface area contributed by atoms with Gasteiger partial charge in [-0.2, -0.15) is 0 Å². The number of hydrogen-bond donors (Lipinski definition) is 1. The van der Waals surface area contributed by atoms with E-state index in [0.29, 0.717) is 26.4 Å². The zero-order valence-electron chi connectivity index (χ0n) is 6.42. The van der Waals surface area contributed by atoms with Crippen LogP contribution in [0.3, 0.4) is 0 Å². The highest BCUT2D eigenvalue weighted by Crippen LogP contribution is 1.82. The first-order valence-electron chi connectivity index (χ1n) is 3.33. The van der Waals surface area contributed by atoms with Gasteiger partial charge in [0.15, 0.2) is 0 Å². The van der Waals surface area contributed by atoms with Gasteiger partial charge in [-0.25, -0.2) is 0 Å². The maximum atomic E-state index is 5.20. The third-order valence-corrected chi connectivity index (χ3v) is 1.18. The molecule has 0 bridgehead atoms. The van der Waals surface area contributed by atoms with Crippen LogP contribution in [-0.2, 0) is 9.47 Å². The number of nitrogens with two attached hydrogens (primary N) is 1. The summed E-state index contributed by atoms with van der Waals surface area (Å²) in [5, 5.41) is 0.879. The van der Waals surface area contributed by atoms with E-state index in [1.54, 1.807) is 0 Å². The summed E-state index contributed by atoms with van der Waals surface area (Å²) >= 11 is 3.25. The minimum atomic E-state index is 0. The van der Waals surface area contributed by atoms with Crippen LogP contribution in [0.25, 0.3) is 0 Å². The minimum absolute atomic E-state index is 0. The molecular formula is C6H15Br2NO2. The summed E-state index contributed by atoms with van der Waals surface area (Å²) in [5.41, 5.74) is 5.20. The maximum Gasteiger partial charge on any atom is 0.0701 e. The molecule has 0 saturated carbocycles. The van der Waals surface area contributed by atoms with Crippen LogP contribution in [0.5, 0.6) is 0 Å². The van der Waals surface area contributed by atoms with Crippen molar-refractivity contribution in [1.82, 2.24) is 0 Å². The highest BCUT2D eigenvalue weighted by molar-refractivity contribution is 9.09. The van der Waals surface area contributed by atoms with Gasteiger partial charge in [0.25, 0.3) is 0 Å². The smallest absolute Gasteiger partial charge is 0.0701 e. The molecule has 0 atom stereocenters. The Hall–Kier alpha value is 0.840. The van der Waals surface area contributed by atoms with E-state index in [-0.39, 0.29) is 17.0 Å². The van der Waals surface area contributed by atoms with E-state index in [0.717, 1.165) is 11.9 Å². The van der Waals surface area contributed by atoms with E-state index in [1.807, 2.05) is 0 Å². The third kappa shape index (κ3) is 13.8. The van der Waals surface area contributed by atoms with Gasteiger partial charge in [-0.3, -0.25) is 0 Å². The average Bonchev–Trinajstić information content (AvgIpc) is 1.97. The normalized spacial score (nSPS) is 9.27. The van der Waals surface area contributed by atoms with Gasteiger partial charge >= 0.3 is 0 Å². The Morgan fingerprint density at radius 2 is 1.55 bits per heavy atom. The summed E-state index contributed by atoms with van der Waals surface area (Å²) in [4.78, 5) is 0. The van der Waals surface area contributed by atoms with E-state index < -0.39 is 0 Å². The molecular weight excluding hydrogens is 278 g/mol. The summed E-state index contributed by atoms with van der Waals surface area (Å²) in [5.74, 6) is 0. The molecule has 2 N–H and O–H groups in total. The standard InChI is InChI=1S/C6H14BrNO2.BrH/c7-1-3-9-5-6-10-4-2-8;/h1-6,8H2;1H. The number of alkyl halides is 1. The summed E-state index contributed by atoms with van der Waals surface area (Å²) in [7, 11) is 0. The lowest BCUT2D eigenvalue weighted by Crippen LogP contribution is -2.12. The summed E-state index contributed by atoms with van der Waals surface area (Å²) < 4.78 is 10.2. The Labute approximate surface area is 86.5 Å². The van der Waals surface area contributed by atoms with Crippen molar-refractivity contribution in [2.24, 2.45) is 5.73 Å². The molecule has 0 aromatic heterocycles. The minimum Gasteiger partial charge on any atom is -0.378 e. The zero-order chi connectivity index (χ0) is 7.66. The summed E-state index contributed by atoms with van der Waals surface area (Å²) in [6, 6.07) is 0. The van der Waals surface area contributed by atoms with Crippen molar-refractivity contribution in [1.29, 1.82) is 0 Å². The summed E-state index contributed by atoms with van der Waals surface area (Å²) in [6.45, 7) is 3.25. The van der Waals surface area contributed by atoms with Gasteiger partial charge in [0, 0.05) is 11.9 Å². The van der Waals surface area contributed by atoms with Gasteiger partial charge < -0.3 is 15.2 Å². The van der Waals surface area contributed by atoms with E-state index in [9.17, 15) is 0 Å². The van der Waals surface area contributed by atoms with Crippen molar-refractivity contribution in [3.63, 3.8) is 0 Å². The lowest BCUT2D eigenvalue weighted by atomic mass is 10.7. The van der Waals surface area contributed by atoms with Crippen LogP contribution in [0.1, 0.15) is 0 Å². The van der Waals surface area contributed by atoms with E-state index in [1.165, 1.54) is 0 Å². The molecule has 0 amide bonds. The largest absolute Gasteiger partial charge is 0.378 e. The fraction of sp³-hybridized carbons (Fsp3) is 1.00. The molecule has 0 aliphatic rings. The molecule has 0 fully saturated rings. The van der Waals surface area contributed by atoms with Gasteiger partial charge in [0.05, 0.1) is 26.4 Å². The third-order valence-electron chi connectivity index (χ3n) is 0.856. The van der Waals surface area contributed by atoms with Crippen LogP contribution in [0.2, 0.25) is 0 Å². The number of rotatable bonds is 7. The first kappa shape index (κ1) is 14.4. The van der Waals surface area contributed by atoms with E-state index in [2.05, 4.69) is 15.9 Å². The lowest BCUT2D eigenvalue weighted by Gasteiger charge is -2.01. The Kier molecular flexibility index (Phi) is 17.5. The molecule has 11 heavy (non-hydrogen) atoms. The quantitative estimate of drug-likeness (QED) is 0.561. The first-order chi connectivity index (χ1) is 4.91. The highest BCUT2D eigenvalue weighted by Gasteiger charge is 1.86. The number of ether oxygens (including phenoxy) is 2. The van der Waals surface area contributed by atoms with Crippen LogP contribution in [0, 0.1) is 0 Å². The van der Waals surface area contributed by atoms with Crippen molar-refractivity contribution >= 4 is 32.9 Å². The van der Waals surface area contributed by atoms with E-state index >= 15 is 0 Å². The van der Waals surface area contributed by atoms with Gasteiger partial charge in [0.1, 0.15) is 0 Å². The molecule has 0 aromatic rings. The maximum absolute atomic E-state index is 5.20. The highest BCUT2D eigenvalue weighted by atomic mass is 79.9. The van der Waals surface area contributed by atoms with Crippen LogP contribution in [-0.4, -0.2) is 38.3 Å². The molecule has 0 aromatic carbocycles. The second-order valence-corrected chi connectivity index (χ2v) is 2.50. The predicted octanol–water partition coefficient (Wildman–Crippen LogP) is 0.951. The zero-order valence-corrected chi connectivity index (χ0v) is 9.72. The SMILES string of the molecule is Br.NCCOCCOCCBr. The lowest BCUT2D eigenvalue weighted by molar-refractivity contribution is 0.0573. The molecule has 0 aliphatic heterocycles. The molecule has 0 aliphatic carbocycles. The van der Waals surface area contributed by atoms with Crippen LogP contribution < -0.4 is 5.73 Å². The molecule has 0 unspecified atom stereocenters. The van der Waals surface area contributed by atoms with Crippen molar-refractivity contribution in [2.75, 3.05) is 38.3 Å². The van der Waals surface area contributed by atoms with Gasteiger partial charge in [0.2, 0.25) is 0 Å². The van der Waals surface area contributed by atoms with Crippen molar-refractivity contribution < 1.29 is 9.47 Å². The molecule has 0 spiro atoms. The van der Waals surface area contributed by atoms with Crippen molar-refractivity contribution in [2.45, 2.75) is 0 Å². The van der Waals surface area contributed by atoms with Crippen LogP contribution >= 0.6 is 32.9 Å². The number of halogens is 2. The van der Waals surface area contributed by atoms with Crippen LogP contribution in [0.4, 0.5) is 0 Å². The Bertz CT molecular complexity index is 58.5. The Morgan fingerprint density at radius 3 is 2.00 bits per heavy atom.